The highest BCUT2D eigenvalue weighted by Crippen LogP contribution is 2.24. The van der Waals surface area contributed by atoms with E-state index in [2.05, 4.69) is 18.2 Å². The fourth-order valence-corrected chi connectivity index (χ4v) is 2.97. The lowest BCUT2D eigenvalue weighted by molar-refractivity contribution is -0.151. The number of hydrogen-bond acceptors (Lipinski definition) is 2. The Morgan fingerprint density at radius 1 is 1.33 bits per heavy atom. The number of aryl methyl sites for hydroxylation is 2. The summed E-state index contributed by atoms with van der Waals surface area (Å²) in [6, 6.07) is 6.41. The standard InChI is InChI=1S/C15H19NO2/c1-15(18)9-16(10-15)14(17)8-11-5-6-12-3-2-4-13(12)7-11/h5-7,18H,2-4,8-10H2,1H3. The molecule has 3 nitrogen and oxygen atoms in total. The number of amides is 1. The van der Waals surface area contributed by atoms with E-state index in [1.807, 2.05) is 0 Å². The second kappa shape index (κ2) is 4.09. The van der Waals surface area contributed by atoms with E-state index in [9.17, 15) is 9.90 Å². The molecule has 1 aromatic carbocycles. The van der Waals surface area contributed by atoms with Crippen LogP contribution in [-0.2, 0) is 24.1 Å². The maximum atomic E-state index is 12.0. The van der Waals surface area contributed by atoms with Crippen LogP contribution in [0.1, 0.15) is 30.0 Å². The van der Waals surface area contributed by atoms with E-state index in [1.165, 1.54) is 24.0 Å². The highest BCUT2D eigenvalue weighted by Gasteiger charge is 2.39. The second-order valence-electron chi connectivity index (χ2n) is 5.88. The average molecular weight is 245 g/mol. The number of aliphatic hydroxyl groups is 1. The van der Waals surface area contributed by atoms with Gasteiger partial charge in [-0.3, -0.25) is 4.79 Å². The Morgan fingerprint density at radius 3 is 2.78 bits per heavy atom. The highest BCUT2D eigenvalue weighted by atomic mass is 16.3. The number of nitrogens with zero attached hydrogens (tertiary/aromatic N) is 1. The molecular formula is C15H19NO2. The third kappa shape index (κ3) is 2.15. The Balaban J connectivity index is 1.65. The molecule has 0 radical (unpaired) electrons. The van der Waals surface area contributed by atoms with Crippen molar-refractivity contribution >= 4 is 5.91 Å². The summed E-state index contributed by atoms with van der Waals surface area (Å²) in [5.41, 5.74) is 3.29. The molecule has 0 bridgehead atoms. The van der Waals surface area contributed by atoms with Gasteiger partial charge in [0.1, 0.15) is 0 Å². The van der Waals surface area contributed by atoms with Gasteiger partial charge in [-0.05, 0) is 42.9 Å². The van der Waals surface area contributed by atoms with E-state index in [4.69, 9.17) is 0 Å². The first-order chi connectivity index (χ1) is 8.53. The predicted octanol–water partition coefficient (Wildman–Crippen LogP) is 1.31. The monoisotopic (exact) mass is 245 g/mol. The number of β-amino-alcohol motifs (C(OH)–C–C–N with tert-alkyl or cyclic N) is 1. The van der Waals surface area contributed by atoms with E-state index in [1.54, 1.807) is 11.8 Å². The quantitative estimate of drug-likeness (QED) is 0.853. The van der Waals surface area contributed by atoms with E-state index >= 15 is 0 Å². The zero-order valence-corrected chi connectivity index (χ0v) is 10.8. The van der Waals surface area contributed by atoms with Crippen LogP contribution in [0.3, 0.4) is 0 Å². The molecule has 1 fully saturated rings. The van der Waals surface area contributed by atoms with Gasteiger partial charge in [0.15, 0.2) is 0 Å². The Labute approximate surface area is 107 Å². The van der Waals surface area contributed by atoms with Crippen LogP contribution in [0, 0.1) is 0 Å². The van der Waals surface area contributed by atoms with E-state index < -0.39 is 5.60 Å². The van der Waals surface area contributed by atoms with Crippen molar-refractivity contribution in [3.8, 4) is 0 Å². The first-order valence-corrected chi connectivity index (χ1v) is 6.64. The molecule has 0 spiro atoms. The molecule has 96 valence electrons. The van der Waals surface area contributed by atoms with Crippen LogP contribution in [0.5, 0.6) is 0 Å². The Hall–Kier alpha value is -1.35. The van der Waals surface area contributed by atoms with Crippen LogP contribution in [0.15, 0.2) is 18.2 Å². The van der Waals surface area contributed by atoms with Crippen molar-refractivity contribution in [2.45, 2.75) is 38.2 Å². The SMILES string of the molecule is CC1(O)CN(C(=O)Cc2ccc3c(c2)CCC3)C1. The Morgan fingerprint density at radius 2 is 2.06 bits per heavy atom. The van der Waals surface area contributed by atoms with Gasteiger partial charge in [0.25, 0.3) is 0 Å². The Bertz CT molecular complexity index is 485. The fraction of sp³-hybridized carbons (Fsp3) is 0.533. The number of fused-ring (bicyclic) bond motifs is 1. The lowest BCUT2D eigenvalue weighted by atomic mass is 9.95. The number of carbonyl (C=O) groups is 1. The van der Waals surface area contributed by atoms with Gasteiger partial charge in [0.05, 0.1) is 25.1 Å². The lowest BCUT2D eigenvalue weighted by Gasteiger charge is -2.44. The third-order valence-electron chi connectivity index (χ3n) is 3.93. The molecule has 18 heavy (non-hydrogen) atoms. The first-order valence-electron chi connectivity index (χ1n) is 6.64. The molecule has 0 saturated carbocycles. The summed E-state index contributed by atoms with van der Waals surface area (Å²) >= 11 is 0. The number of rotatable bonds is 2. The molecular weight excluding hydrogens is 226 g/mol. The van der Waals surface area contributed by atoms with Crippen molar-refractivity contribution in [2.24, 2.45) is 0 Å². The van der Waals surface area contributed by atoms with Gasteiger partial charge < -0.3 is 10.0 Å². The topological polar surface area (TPSA) is 40.5 Å². The molecule has 2 aliphatic rings. The maximum Gasteiger partial charge on any atom is 0.227 e. The van der Waals surface area contributed by atoms with Crippen LogP contribution in [0.2, 0.25) is 0 Å². The van der Waals surface area contributed by atoms with Crippen LogP contribution in [0.25, 0.3) is 0 Å². The van der Waals surface area contributed by atoms with E-state index in [0.29, 0.717) is 19.5 Å². The molecule has 1 aliphatic heterocycles. The van der Waals surface area contributed by atoms with E-state index in [-0.39, 0.29) is 5.91 Å². The van der Waals surface area contributed by atoms with Crippen LogP contribution in [-0.4, -0.2) is 34.6 Å². The zero-order chi connectivity index (χ0) is 12.8. The van der Waals surface area contributed by atoms with Crippen LogP contribution < -0.4 is 0 Å². The van der Waals surface area contributed by atoms with Gasteiger partial charge in [-0.1, -0.05) is 18.2 Å². The predicted molar refractivity (Wildman–Crippen MR) is 69.4 cm³/mol. The molecule has 1 aliphatic carbocycles. The number of hydrogen-bond donors (Lipinski definition) is 1. The van der Waals surface area contributed by atoms with Crippen molar-refractivity contribution in [1.82, 2.24) is 4.90 Å². The minimum absolute atomic E-state index is 0.125. The molecule has 0 aromatic heterocycles. The fourth-order valence-electron chi connectivity index (χ4n) is 2.97. The summed E-state index contributed by atoms with van der Waals surface area (Å²) in [7, 11) is 0. The van der Waals surface area contributed by atoms with Gasteiger partial charge in [-0.15, -0.1) is 0 Å². The molecule has 3 heteroatoms. The number of likely N-dealkylation sites (tertiary alicyclic amines) is 1. The summed E-state index contributed by atoms with van der Waals surface area (Å²) in [5.74, 6) is 0.125. The molecule has 1 N–H and O–H groups in total. The number of benzene rings is 1. The van der Waals surface area contributed by atoms with Gasteiger partial charge in [0.2, 0.25) is 5.91 Å². The van der Waals surface area contributed by atoms with Crippen molar-refractivity contribution in [2.75, 3.05) is 13.1 Å². The summed E-state index contributed by atoms with van der Waals surface area (Å²) in [4.78, 5) is 13.7. The van der Waals surface area contributed by atoms with Crippen LogP contribution >= 0.6 is 0 Å². The first kappa shape index (κ1) is 11.7. The normalized spacial score (nSPS) is 20.4. The van der Waals surface area contributed by atoms with Crippen molar-refractivity contribution in [3.05, 3.63) is 34.9 Å². The summed E-state index contributed by atoms with van der Waals surface area (Å²) in [6.45, 7) is 2.71. The Kier molecular flexibility index (Phi) is 2.67. The average Bonchev–Trinajstić information content (AvgIpc) is 2.72. The minimum Gasteiger partial charge on any atom is -0.386 e. The largest absolute Gasteiger partial charge is 0.386 e. The molecule has 3 rings (SSSR count). The third-order valence-corrected chi connectivity index (χ3v) is 3.93. The highest BCUT2D eigenvalue weighted by molar-refractivity contribution is 5.80. The van der Waals surface area contributed by atoms with Gasteiger partial charge in [-0.2, -0.15) is 0 Å². The molecule has 0 atom stereocenters. The summed E-state index contributed by atoms with van der Waals surface area (Å²) < 4.78 is 0. The second-order valence-corrected chi connectivity index (χ2v) is 5.88. The molecule has 1 aromatic rings. The van der Waals surface area contributed by atoms with Crippen molar-refractivity contribution < 1.29 is 9.90 Å². The van der Waals surface area contributed by atoms with Crippen LogP contribution in [0.4, 0.5) is 0 Å². The van der Waals surface area contributed by atoms with Gasteiger partial charge >= 0.3 is 0 Å². The van der Waals surface area contributed by atoms with Crippen molar-refractivity contribution in [3.63, 3.8) is 0 Å². The van der Waals surface area contributed by atoms with Crippen molar-refractivity contribution in [1.29, 1.82) is 0 Å². The number of carbonyl (C=O) groups excluding carboxylic acids is 1. The molecule has 1 heterocycles. The lowest BCUT2D eigenvalue weighted by Crippen LogP contribution is -2.62. The summed E-state index contributed by atoms with van der Waals surface area (Å²) in [5, 5.41) is 9.63. The molecule has 0 unspecified atom stereocenters. The molecule has 1 saturated heterocycles. The van der Waals surface area contributed by atoms with Gasteiger partial charge in [0, 0.05) is 0 Å². The summed E-state index contributed by atoms with van der Waals surface area (Å²) in [6.07, 6.45) is 4.03. The van der Waals surface area contributed by atoms with Gasteiger partial charge in [-0.25, -0.2) is 0 Å². The smallest absolute Gasteiger partial charge is 0.227 e. The molecule has 1 amide bonds. The minimum atomic E-state index is -0.673. The maximum absolute atomic E-state index is 12.0. The zero-order valence-electron chi connectivity index (χ0n) is 10.8. The van der Waals surface area contributed by atoms with E-state index in [0.717, 1.165) is 12.0 Å².